The van der Waals surface area contributed by atoms with Crippen molar-refractivity contribution in [1.82, 2.24) is 0 Å². The quantitative estimate of drug-likeness (QED) is 0.436. The highest BCUT2D eigenvalue weighted by Gasteiger charge is 1.81. The van der Waals surface area contributed by atoms with Gasteiger partial charge in [0, 0.05) is 39.3 Å². The Morgan fingerprint density at radius 2 is 0.591 bits per heavy atom. The van der Waals surface area contributed by atoms with Crippen molar-refractivity contribution < 1.29 is 40.2 Å². The minimum atomic E-state index is -0.745. The number of aliphatic hydroxyl groups is 4. The summed E-state index contributed by atoms with van der Waals surface area (Å²) in [7, 11) is 0. The van der Waals surface area contributed by atoms with Crippen molar-refractivity contribution in [3.05, 3.63) is 0 Å². The molecule has 0 heterocycles. The van der Waals surface area contributed by atoms with Crippen molar-refractivity contribution in [2.45, 2.75) is 54.4 Å². The van der Waals surface area contributed by atoms with Gasteiger partial charge in [-0.05, 0) is 27.7 Å². The lowest BCUT2D eigenvalue weighted by molar-refractivity contribution is -0.137. The molecule has 0 aliphatic carbocycles. The lowest BCUT2D eigenvalue weighted by Gasteiger charge is -1.71. The summed E-state index contributed by atoms with van der Waals surface area (Å²) in [5, 5.41) is 45.7. The highest BCUT2D eigenvalue weighted by molar-refractivity contribution is 5.66. The zero-order chi connectivity index (χ0) is 19.4. The molecule has 8 nitrogen and oxygen atoms in total. The van der Waals surface area contributed by atoms with Crippen molar-refractivity contribution in [3.63, 3.8) is 0 Å². The van der Waals surface area contributed by atoms with E-state index in [1.54, 1.807) is 41.5 Å². The van der Waals surface area contributed by atoms with Gasteiger partial charge in [-0.2, -0.15) is 0 Å². The average Bonchev–Trinajstić information content (AvgIpc) is 2.43. The third-order valence-electron chi connectivity index (χ3n) is 0.605. The topological polar surface area (TPSA) is 156 Å². The molecule has 8 heteroatoms. The predicted octanol–water partition coefficient (Wildman–Crippen LogP) is 0.956. The van der Waals surface area contributed by atoms with E-state index in [4.69, 9.17) is 30.6 Å². The highest BCUT2D eigenvalue weighted by Crippen LogP contribution is 1.67. The number of aliphatic hydroxyl groups excluding tert-OH is 4. The predicted molar refractivity (Wildman–Crippen MR) is 86.9 cm³/mol. The van der Waals surface area contributed by atoms with Gasteiger partial charge in [0.05, 0.1) is 0 Å². The van der Waals surface area contributed by atoms with E-state index in [1.165, 1.54) is 0 Å². The summed E-state index contributed by atoms with van der Waals surface area (Å²) in [6.07, 6.45) is 0.444. The SMILES string of the molecule is CCC(=O)O.CCC(=O)O.CCO.CCO.CCO.CCO. The Morgan fingerprint density at radius 3 is 0.591 bits per heavy atom. The van der Waals surface area contributed by atoms with Crippen molar-refractivity contribution in [2.75, 3.05) is 26.4 Å². The summed E-state index contributed by atoms with van der Waals surface area (Å²) in [5.41, 5.74) is 0. The first-order valence-electron chi connectivity index (χ1n) is 7.07. The Kier molecular flexibility index (Phi) is 102. The molecule has 0 unspecified atom stereocenters. The molecule has 0 bridgehead atoms. The number of aliphatic carboxylic acids is 2. The summed E-state index contributed by atoms with van der Waals surface area (Å²) in [5.74, 6) is -1.49. The maximum absolute atomic E-state index is 9.37. The van der Waals surface area contributed by atoms with E-state index < -0.39 is 11.9 Å². The molecule has 0 spiro atoms. The van der Waals surface area contributed by atoms with Crippen LogP contribution in [0.2, 0.25) is 0 Å². The van der Waals surface area contributed by atoms with Crippen LogP contribution in [0, 0.1) is 0 Å². The Bertz CT molecular complexity index is 141. The number of carboxylic acids is 2. The number of hydrogen-bond donors (Lipinski definition) is 6. The van der Waals surface area contributed by atoms with Crippen molar-refractivity contribution in [2.24, 2.45) is 0 Å². The summed E-state index contributed by atoms with van der Waals surface area (Å²) in [4.78, 5) is 18.7. The van der Waals surface area contributed by atoms with E-state index in [2.05, 4.69) is 0 Å². The number of hydrogen-bond acceptors (Lipinski definition) is 6. The van der Waals surface area contributed by atoms with Crippen molar-refractivity contribution >= 4 is 11.9 Å². The fourth-order valence-electron chi connectivity index (χ4n) is 0. The smallest absolute Gasteiger partial charge is 0.303 e. The molecule has 0 rings (SSSR count). The van der Waals surface area contributed by atoms with Gasteiger partial charge in [0.15, 0.2) is 0 Å². The van der Waals surface area contributed by atoms with E-state index in [-0.39, 0.29) is 39.3 Å². The van der Waals surface area contributed by atoms with Gasteiger partial charge in [-0.1, -0.05) is 13.8 Å². The van der Waals surface area contributed by atoms with E-state index >= 15 is 0 Å². The Balaban J connectivity index is -0.0000000357. The van der Waals surface area contributed by atoms with E-state index in [9.17, 15) is 9.59 Å². The molecule has 0 atom stereocenters. The summed E-state index contributed by atoms with van der Waals surface area (Å²) in [6.45, 7) is 10.9. The Morgan fingerprint density at radius 1 is 0.545 bits per heavy atom. The van der Waals surface area contributed by atoms with Gasteiger partial charge in [-0.25, -0.2) is 0 Å². The van der Waals surface area contributed by atoms with Crippen LogP contribution in [0.5, 0.6) is 0 Å². The molecular weight excluding hydrogens is 296 g/mol. The molecule has 6 N–H and O–H groups in total. The fourth-order valence-corrected chi connectivity index (χ4v) is 0. The molecule has 0 aromatic rings. The van der Waals surface area contributed by atoms with Crippen LogP contribution in [-0.4, -0.2) is 69.0 Å². The molecule has 0 amide bonds. The second kappa shape index (κ2) is 60.0. The molecule has 0 saturated heterocycles. The highest BCUT2D eigenvalue weighted by atomic mass is 16.4. The van der Waals surface area contributed by atoms with Crippen LogP contribution in [0.1, 0.15) is 54.4 Å². The summed E-state index contributed by atoms with van der Waals surface area (Å²) >= 11 is 0. The van der Waals surface area contributed by atoms with Gasteiger partial charge >= 0.3 is 11.9 Å². The minimum Gasteiger partial charge on any atom is -0.481 e. The molecule has 0 fully saturated rings. The van der Waals surface area contributed by atoms with Gasteiger partial charge < -0.3 is 30.6 Å². The van der Waals surface area contributed by atoms with Gasteiger partial charge in [-0.3, -0.25) is 9.59 Å². The minimum absolute atomic E-state index is 0.222. The van der Waals surface area contributed by atoms with Gasteiger partial charge in [0.25, 0.3) is 0 Å². The molecule has 0 aliphatic rings. The zero-order valence-corrected chi connectivity index (χ0v) is 14.7. The lowest BCUT2D eigenvalue weighted by Crippen LogP contribution is -1.86. The standard InChI is InChI=1S/2C3H6O2.4C2H6O/c2*1-2-3(4)5;4*1-2-3/h2*2H2,1H3,(H,4,5);4*3H,2H2,1H3. The van der Waals surface area contributed by atoms with Crippen LogP contribution in [0.4, 0.5) is 0 Å². The molecule has 0 aromatic heterocycles. The Hall–Kier alpha value is -1.22. The maximum atomic E-state index is 9.37. The van der Waals surface area contributed by atoms with Crippen molar-refractivity contribution in [3.8, 4) is 0 Å². The average molecular weight is 332 g/mol. The van der Waals surface area contributed by atoms with E-state index in [1.807, 2.05) is 0 Å². The van der Waals surface area contributed by atoms with Crippen LogP contribution in [-0.2, 0) is 9.59 Å². The summed E-state index contributed by atoms with van der Waals surface area (Å²) < 4.78 is 0. The molecule has 0 aromatic carbocycles. The van der Waals surface area contributed by atoms with E-state index in [0.29, 0.717) is 0 Å². The Labute approximate surface area is 134 Å². The van der Waals surface area contributed by atoms with Crippen LogP contribution in [0.25, 0.3) is 0 Å². The first-order chi connectivity index (χ1) is 10.2. The lowest BCUT2D eigenvalue weighted by atomic mass is 10.5. The molecule has 0 saturated carbocycles. The number of carbonyl (C=O) groups is 2. The number of carboxylic acid groups (broad SMARTS) is 2. The zero-order valence-electron chi connectivity index (χ0n) is 14.7. The van der Waals surface area contributed by atoms with Gasteiger partial charge in [0.2, 0.25) is 0 Å². The normalized spacial score (nSPS) is 6.64. The molecule has 0 radical (unpaired) electrons. The van der Waals surface area contributed by atoms with Crippen LogP contribution in [0.3, 0.4) is 0 Å². The first kappa shape index (κ1) is 37.2. The number of rotatable bonds is 2. The van der Waals surface area contributed by atoms with Gasteiger partial charge in [0.1, 0.15) is 0 Å². The maximum Gasteiger partial charge on any atom is 0.303 e. The van der Waals surface area contributed by atoms with Crippen molar-refractivity contribution in [1.29, 1.82) is 0 Å². The summed E-state index contributed by atoms with van der Waals surface area (Å²) in [6, 6.07) is 0. The molecule has 140 valence electrons. The largest absolute Gasteiger partial charge is 0.481 e. The molecular formula is C14H36O8. The fraction of sp³-hybridized carbons (Fsp3) is 0.857. The third kappa shape index (κ3) is 768. The van der Waals surface area contributed by atoms with Crippen LogP contribution >= 0.6 is 0 Å². The second-order valence-electron chi connectivity index (χ2n) is 2.76. The first-order valence-corrected chi connectivity index (χ1v) is 7.07. The second-order valence-corrected chi connectivity index (χ2v) is 2.76. The van der Waals surface area contributed by atoms with E-state index in [0.717, 1.165) is 0 Å². The monoisotopic (exact) mass is 332 g/mol. The third-order valence-corrected chi connectivity index (χ3v) is 0.605. The van der Waals surface area contributed by atoms with Crippen LogP contribution < -0.4 is 0 Å². The van der Waals surface area contributed by atoms with Gasteiger partial charge in [-0.15, -0.1) is 0 Å². The van der Waals surface area contributed by atoms with Crippen LogP contribution in [0.15, 0.2) is 0 Å². The molecule has 0 aliphatic heterocycles. The molecule has 22 heavy (non-hydrogen) atoms.